The monoisotopic (exact) mass is 287 g/mol. The topological polar surface area (TPSA) is 29.1 Å². The van der Waals surface area contributed by atoms with Gasteiger partial charge >= 0.3 is 0 Å². The smallest absolute Gasteiger partial charge is 0.220 e. The van der Waals surface area contributed by atoms with Crippen LogP contribution in [0.4, 0.5) is 0 Å². The first-order chi connectivity index (χ1) is 9.65. The van der Waals surface area contributed by atoms with Crippen LogP contribution in [0, 0.1) is 6.92 Å². The quantitative estimate of drug-likeness (QED) is 0.888. The van der Waals surface area contributed by atoms with Gasteiger partial charge in [-0.2, -0.15) is 0 Å². The van der Waals surface area contributed by atoms with Crippen LogP contribution in [0.2, 0.25) is 5.02 Å². The lowest BCUT2D eigenvalue weighted by atomic mass is 10.1. The fraction of sp³-hybridized carbons (Fsp3) is 0.235. The summed E-state index contributed by atoms with van der Waals surface area (Å²) in [5.41, 5.74) is 3.26. The van der Waals surface area contributed by atoms with Crippen molar-refractivity contribution in [1.82, 2.24) is 5.32 Å². The van der Waals surface area contributed by atoms with Crippen molar-refractivity contribution in [2.45, 2.75) is 26.3 Å². The van der Waals surface area contributed by atoms with E-state index in [9.17, 15) is 4.79 Å². The summed E-state index contributed by atoms with van der Waals surface area (Å²) >= 11 is 6.07. The first kappa shape index (κ1) is 14.6. The Hall–Kier alpha value is -1.80. The average molecular weight is 288 g/mol. The van der Waals surface area contributed by atoms with Crippen molar-refractivity contribution < 1.29 is 4.79 Å². The molecule has 0 atom stereocenters. The van der Waals surface area contributed by atoms with Crippen LogP contribution in [0.25, 0.3) is 0 Å². The number of halogens is 1. The van der Waals surface area contributed by atoms with Gasteiger partial charge in [0.15, 0.2) is 0 Å². The average Bonchev–Trinajstić information content (AvgIpc) is 2.47. The van der Waals surface area contributed by atoms with Gasteiger partial charge in [-0.1, -0.05) is 54.1 Å². The van der Waals surface area contributed by atoms with Gasteiger partial charge in [0.2, 0.25) is 5.91 Å². The Morgan fingerprint density at radius 2 is 1.85 bits per heavy atom. The molecule has 0 heterocycles. The minimum Gasteiger partial charge on any atom is -0.352 e. The first-order valence-electron chi connectivity index (χ1n) is 6.71. The number of rotatable bonds is 5. The van der Waals surface area contributed by atoms with Crippen molar-refractivity contribution in [3.05, 3.63) is 70.2 Å². The number of carbonyl (C=O) groups excluding carboxylic acids is 1. The number of amides is 1. The highest BCUT2D eigenvalue weighted by atomic mass is 35.5. The fourth-order valence-corrected chi connectivity index (χ4v) is 2.14. The van der Waals surface area contributed by atoms with E-state index in [1.807, 2.05) is 55.5 Å². The zero-order valence-electron chi connectivity index (χ0n) is 11.5. The van der Waals surface area contributed by atoms with Crippen molar-refractivity contribution in [3.63, 3.8) is 0 Å². The molecule has 2 nitrogen and oxygen atoms in total. The predicted molar refractivity (Wildman–Crippen MR) is 82.8 cm³/mol. The molecule has 0 aromatic heterocycles. The van der Waals surface area contributed by atoms with Gasteiger partial charge in [-0.25, -0.2) is 0 Å². The summed E-state index contributed by atoms with van der Waals surface area (Å²) < 4.78 is 0. The van der Waals surface area contributed by atoms with Crippen LogP contribution in [-0.2, 0) is 17.8 Å². The van der Waals surface area contributed by atoms with Crippen molar-refractivity contribution in [3.8, 4) is 0 Å². The summed E-state index contributed by atoms with van der Waals surface area (Å²) in [7, 11) is 0. The third-order valence-corrected chi connectivity index (χ3v) is 3.62. The zero-order valence-corrected chi connectivity index (χ0v) is 12.3. The Bertz CT molecular complexity index is 581. The molecule has 0 saturated carbocycles. The molecule has 1 N–H and O–H groups in total. The van der Waals surface area contributed by atoms with E-state index in [-0.39, 0.29) is 5.91 Å². The SMILES string of the molecule is Cc1ccc(CCC(=O)NCc2ccccc2)cc1Cl. The summed E-state index contributed by atoms with van der Waals surface area (Å²) in [4.78, 5) is 11.8. The predicted octanol–water partition coefficient (Wildman–Crippen LogP) is 3.90. The number of nitrogens with one attached hydrogen (secondary N) is 1. The molecule has 20 heavy (non-hydrogen) atoms. The lowest BCUT2D eigenvalue weighted by Crippen LogP contribution is -2.22. The lowest BCUT2D eigenvalue weighted by Gasteiger charge is -2.06. The molecule has 0 fully saturated rings. The van der Waals surface area contributed by atoms with Gasteiger partial charge in [0.1, 0.15) is 0 Å². The standard InChI is InChI=1S/C17H18ClNO/c1-13-7-8-14(11-16(13)18)9-10-17(20)19-12-15-5-3-2-4-6-15/h2-8,11H,9-10,12H2,1H3,(H,19,20). The maximum absolute atomic E-state index is 11.8. The van der Waals surface area contributed by atoms with Gasteiger partial charge in [-0.15, -0.1) is 0 Å². The second kappa shape index (κ2) is 7.11. The summed E-state index contributed by atoms with van der Waals surface area (Å²) in [6.07, 6.45) is 1.19. The highest BCUT2D eigenvalue weighted by Gasteiger charge is 2.03. The normalized spacial score (nSPS) is 10.3. The minimum absolute atomic E-state index is 0.0607. The van der Waals surface area contributed by atoms with E-state index in [0.717, 1.165) is 21.7 Å². The molecular formula is C17H18ClNO. The Kier molecular flexibility index (Phi) is 5.19. The van der Waals surface area contributed by atoms with Gasteiger partial charge in [0.25, 0.3) is 0 Å². The molecule has 0 aliphatic rings. The Morgan fingerprint density at radius 1 is 1.10 bits per heavy atom. The molecule has 0 spiro atoms. The summed E-state index contributed by atoms with van der Waals surface area (Å²) in [6.45, 7) is 2.55. The second-order valence-electron chi connectivity index (χ2n) is 4.85. The summed E-state index contributed by atoms with van der Waals surface area (Å²) in [5, 5.41) is 3.68. The van der Waals surface area contributed by atoms with E-state index in [2.05, 4.69) is 5.32 Å². The van der Waals surface area contributed by atoms with Crippen LogP contribution >= 0.6 is 11.6 Å². The van der Waals surface area contributed by atoms with Gasteiger partial charge in [-0.3, -0.25) is 4.79 Å². The molecule has 1 amide bonds. The summed E-state index contributed by atoms with van der Waals surface area (Å²) in [5.74, 6) is 0.0607. The molecule has 2 aromatic carbocycles. The molecule has 0 bridgehead atoms. The van der Waals surface area contributed by atoms with E-state index in [4.69, 9.17) is 11.6 Å². The molecule has 0 unspecified atom stereocenters. The van der Waals surface area contributed by atoms with Crippen LogP contribution in [0.3, 0.4) is 0 Å². The van der Waals surface area contributed by atoms with Gasteiger partial charge in [-0.05, 0) is 36.1 Å². The maximum atomic E-state index is 11.8. The number of hydrogen-bond acceptors (Lipinski definition) is 1. The number of benzene rings is 2. The van der Waals surface area contributed by atoms with Crippen LogP contribution in [0.15, 0.2) is 48.5 Å². The maximum Gasteiger partial charge on any atom is 0.220 e. The van der Waals surface area contributed by atoms with Crippen LogP contribution in [0.5, 0.6) is 0 Å². The molecule has 3 heteroatoms. The van der Waals surface area contributed by atoms with Gasteiger partial charge in [0.05, 0.1) is 0 Å². The summed E-state index contributed by atoms with van der Waals surface area (Å²) in [6, 6.07) is 15.8. The zero-order chi connectivity index (χ0) is 14.4. The minimum atomic E-state index is 0.0607. The Balaban J connectivity index is 1.79. The Labute approximate surface area is 124 Å². The van der Waals surface area contributed by atoms with E-state index in [1.54, 1.807) is 0 Å². The molecule has 2 rings (SSSR count). The molecule has 104 valence electrons. The molecule has 2 aromatic rings. The molecular weight excluding hydrogens is 270 g/mol. The Morgan fingerprint density at radius 3 is 2.55 bits per heavy atom. The highest BCUT2D eigenvalue weighted by molar-refractivity contribution is 6.31. The van der Waals surface area contributed by atoms with E-state index >= 15 is 0 Å². The molecule has 0 saturated heterocycles. The number of hydrogen-bond donors (Lipinski definition) is 1. The van der Waals surface area contributed by atoms with Crippen LogP contribution in [0.1, 0.15) is 23.1 Å². The molecule has 0 radical (unpaired) electrons. The first-order valence-corrected chi connectivity index (χ1v) is 7.08. The van der Waals surface area contributed by atoms with Crippen LogP contribution in [-0.4, -0.2) is 5.91 Å². The van der Waals surface area contributed by atoms with Crippen LogP contribution < -0.4 is 5.32 Å². The van der Waals surface area contributed by atoms with Gasteiger partial charge < -0.3 is 5.32 Å². The third kappa shape index (κ3) is 4.39. The van der Waals surface area contributed by atoms with E-state index in [1.165, 1.54) is 0 Å². The van der Waals surface area contributed by atoms with E-state index < -0.39 is 0 Å². The second-order valence-corrected chi connectivity index (χ2v) is 5.25. The van der Waals surface area contributed by atoms with Crippen molar-refractivity contribution in [1.29, 1.82) is 0 Å². The van der Waals surface area contributed by atoms with Crippen molar-refractivity contribution in [2.75, 3.05) is 0 Å². The lowest BCUT2D eigenvalue weighted by molar-refractivity contribution is -0.121. The largest absolute Gasteiger partial charge is 0.352 e. The van der Waals surface area contributed by atoms with Crippen molar-refractivity contribution in [2.24, 2.45) is 0 Å². The third-order valence-electron chi connectivity index (χ3n) is 3.21. The number of aryl methyl sites for hydroxylation is 2. The van der Waals surface area contributed by atoms with Gasteiger partial charge in [0, 0.05) is 18.0 Å². The van der Waals surface area contributed by atoms with Crippen molar-refractivity contribution >= 4 is 17.5 Å². The van der Waals surface area contributed by atoms with E-state index in [0.29, 0.717) is 19.4 Å². The molecule has 0 aliphatic carbocycles. The fourth-order valence-electron chi connectivity index (χ4n) is 1.93. The highest BCUT2D eigenvalue weighted by Crippen LogP contribution is 2.17. The number of carbonyl (C=O) groups is 1. The molecule has 0 aliphatic heterocycles.